The van der Waals surface area contributed by atoms with E-state index in [1.54, 1.807) is 6.07 Å². The molecule has 0 amide bonds. The number of hydrogen-bond donors (Lipinski definition) is 2. The van der Waals surface area contributed by atoms with Crippen LogP contribution in [0.3, 0.4) is 0 Å². The molecule has 106 valence electrons. The molecule has 1 aliphatic rings. The van der Waals surface area contributed by atoms with Crippen molar-refractivity contribution in [3.63, 3.8) is 0 Å². The smallest absolute Gasteiger partial charge is 0.173 e. The number of ether oxygens (including phenoxy) is 2. The number of rotatable bonds is 3. The van der Waals surface area contributed by atoms with Crippen LogP contribution in [0.4, 0.5) is 0 Å². The molecule has 0 radical (unpaired) electrons. The summed E-state index contributed by atoms with van der Waals surface area (Å²) in [7, 11) is 0. The van der Waals surface area contributed by atoms with Crippen molar-refractivity contribution < 1.29 is 9.47 Å². The molecule has 3 N–H and O–H groups in total. The van der Waals surface area contributed by atoms with Crippen molar-refractivity contribution in [1.29, 1.82) is 5.53 Å². The molecule has 1 aromatic heterocycles. The van der Waals surface area contributed by atoms with Crippen molar-refractivity contribution in [2.75, 3.05) is 13.2 Å². The molecule has 8 nitrogen and oxygen atoms in total. The lowest BCUT2D eigenvalue weighted by Gasteiger charge is -2.18. The lowest BCUT2D eigenvalue weighted by atomic mass is 10.1. The highest BCUT2D eigenvalue weighted by molar-refractivity contribution is 5.96. The Morgan fingerprint density at radius 3 is 2.76 bits per heavy atom. The molecule has 2 aromatic rings. The number of nitrogens with one attached hydrogen (secondary N) is 1. The van der Waals surface area contributed by atoms with Gasteiger partial charge in [0.1, 0.15) is 25.2 Å². The molecule has 1 aromatic carbocycles. The topological polar surface area (TPSA) is 119 Å². The van der Waals surface area contributed by atoms with E-state index in [-0.39, 0.29) is 5.84 Å². The van der Waals surface area contributed by atoms with E-state index < -0.39 is 0 Å². The first-order chi connectivity index (χ1) is 10.3. The molecule has 21 heavy (non-hydrogen) atoms. The second kappa shape index (κ2) is 5.53. The van der Waals surface area contributed by atoms with Gasteiger partial charge < -0.3 is 15.2 Å². The third kappa shape index (κ3) is 2.64. The van der Waals surface area contributed by atoms with Crippen molar-refractivity contribution in [3.8, 4) is 22.8 Å². The first-order valence-corrected chi connectivity index (χ1v) is 6.20. The molecular formula is C13H12N6O2. The van der Waals surface area contributed by atoms with Gasteiger partial charge in [0, 0.05) is 5.56 Å². The minimum absolute atomic E-state index is 0.0613. The molecular weight excluding hydrogens is 272 g/mol. The third-order valence-electron chi connectivity index (χ3n) is 2.93. The largest absolute Gasteiger partial charge is 0.486 e. The fourth-order valence-electron chi connectivity index (χ4n) is 1.96. The molecule has 8 heteroatoms. The van der Waals surface area contributed by atoms with Crippen molar-refractivity contribution in [2.45, 2.75) is 0 Å². The number of fused-ring (bicyclic) bond motifs is 1. The van der Waals surface area contributed by atoms with E-state index in [0.717, 1.165) is 5.56 Å². The van der Waals surface area contributed by atoms with Gasteiger partial charge in [-0.1, -0.05) is 5.22 Å². The molecule has 0 saturated carbocycles. The number of nitrogens with zero attached hydrogens (tertiary/aromatic N) is 4. The molecule has 0 saturated heterocycles. The van der Waals surface area contributed by atoms with Crippen LogP contribution >= 0.6 is 0 Å². The maximum absolute atomic E-state index is 6.69. The molecule has 0 spiro atoms. The molecule has 0 unspecified atom stereocenters. The molecule has 2 heterocycles. The summed E-state index contributed by atoms with van der Waals surface area (Å²) in [6.07, 6.45) is 1.38. The highest BCUT2D eigenvalue weighted by Gasteiger charge is 2.13. The SMILES string of the molecule is N=NN=C(N)c1cc(-c2ccc3c(c2)OCCO3)ncn1. The van der Waals surface area contributed by atoms with Crippen LogP contribution in [0.15, 0.2) is 40.9 Å². The van der Waals surface area contributed by atoms with Crippen LogP contribution in [0.1, 0.15) is 5.69 Å². The third-order valence-corrected chi connectivity index (χ3v) is 2.93. The van der Waals surface area contributed by atoms with Crippen LogP contribution in [0.25, 0.3) is 11.3 Å². The normalized spacial score (nSPS) is 13.8. The number of aromatic nitrogens is 2. The van der Waals surface area contributed by atoms with Gasteiger partial charge in [-0.15, -0.1) is 5.10 Å². The van der Waals surface area contributed by atoms with Gasteiger partial charge in [0.2, 0.25) is 0 Å². The Kier molecular flexibility index (Phi) is 3.42. The lowest BCUT2D eigenvalue weighted by Crippen LogP contribution is -2.15. The average Bonchev–Trinajstić information content (AvgIpc) is 2.55. The Hall–Kier alpha value is -3.03. The lowest BCUT2D eigenvalue weighted by molar-refractivity contribution is 0.171. The Morgan fingerprint density at radius 1 is 1.14 bits per heavy atom. The van der Waals surface area contributed by atoms with E-state index in [2.05, 4.69) is 20.3 Å². The molecule has 0 aliphatic carbocycles. The van der Waals surface area contributed by atoms with E-state index in [9.17, 15) is 0 Å². The van der Waals surface area contributed by atoms with Crippen molar-refractivity contribution in [2.24, 2.45) is 16.1 Å². The maximum atomic E-state index is 6.69. The van der Waals surface area contributed by atoms with Gasteiger partial charge in [-0.25, -0.2) is 9.97 Å². The first kappa shape index (κ1) is 13.0. The van der Waals surface area contributed by atoms with Crippen LogP contribution < -0.4 is 15.2 Å². The summed E-state index contributed by atoms with van der Waals surface area (Å²) in [5, 5.41) is 6.34. The van der Waals surface area contributed by atoms with Gasteiger partial charge in [-0.2, -0.15) is 5.53 Å². The van der Waals surface area contributed by atoms with Gasteiger partial charge in [-0.05, 0) is 24.3 Å². The summed E-state index contributed by atoms with van der Waals surface area (Å²) in [6, 6.07) is 7.24. The van der Waals surface area contributed by atoms with E-state index in [4.69, 9.17) is 20.7 Å². The number of nitrogens with two attached hydrogens (primary N) is 1. The predicted octanol–water partition coefficient (Wildman–Crippen LogP) is 1.57. The highest BCUT2D eigenvalue weighted by atomic mass is 16.6. The fraction of sp³-hybridized carbons (Fsp3) is 0.154. The standard InChI is InChI=1S/C13H12N6O2/c14-13(18-19-15)10-6-9(16-7-17-10)8-1-2-11-12(5-8)21-4-3-20-11/h1-2,5-7H,3-4H2,(H3,14,15,18). The zero-order valence-electron chi connectivity index (χ0n) is 11.0. The Morgan fingerprint density at radius 2 is 1.95 bits per heavy atom. The van der Waals surface area contributed by atoms with Crippen molar-refractivity contribution >= 4 is 5.84 Å². The zero-order valence-corrected chi connectivity index (χ0v) is 11.0. The van der Waals surface area contributed by atoms with Gasteiger partial charge in [0.15, 0.2) is 17.3 Å². The molecule has 3 rings (SSSR count). The Balaban J connectivity index is 1.99. The summed E-state index contributed by atoms with van der Waals surface area (Å²) in [4.78, 5) is 8.21. The van der Waals surface area contributed by atoms with Gasteiger partial charge in [0.25, 0.3) is 0 Å². The quantitative estimate of drug-likeness (QED) is 0.383. The van der Waals surface area contributed by atoms with Crippen LogP contribution in [0.5, 0.6) is 11.5 Å². The number of hydrogen-bond acceptors (Lipinski definition) is 6. The van der Waals surface area contributed by atoms with Crippen LogP contribution in [-0.2, 0) is 0 Å². The Bertz CT molecular complexity index is 716. The average molecular weight is 284 g/mol. The van der Waals surface area contributed by atoms with Gasteiger partial charge in [0.05, 0.1) is 5.69 Å². The van der Waals surface area contributed by atoms with E-state index in [1.165, 1.54) is 6.33 Å². The monoisotopic (exact) mass is 284 g/mol. The van der Waals surface area contributed by atoms with Crippen LogP contribution in [0.2, 0.25) is 0 Å². The summed E-state index contributed by atoms with van der Waals surface area (Å²) < 4.78 is 11.0. The second-order valence-electron chi connectivity index (χ2n) is 4.23. The Labute approximate surface area is 120 Å². The summed E-state index contributed by atoms with van der Waals surface area (Å²) in [5.74, 6) is 1.46. The van der Waals surface area contributed by atoms with E-state index in [1.807, 2.05) is 18.2 Å². The minimum atomic E-state index is 0.0613. The zero-order chi connectivity index (χ0) is 14.7. The number of amidine groups is 1. The van der Waals surface area contributed by atoms with E-state index >= 15 is 0 Å². The fourth-order valence-corrected chi connectivity index (χ4v) is 1.96. The molecule has 0 bridgehead atoms. The van der Waals surface area contributed by atoms with Gasteiger partial charge in [-0.3, -0.25) is 0 Å². The number of benzene rings is 1. The van der Waals surface area contributed by atoms with Crippen molar-refractivity contribution in [3.05, 3.63) is 36.3 Å². The van der Waals surface area contributed by atoms with E-state index in [0.29, 0.717) is 36.1 Å². The second-order valence-corrected chi connectivity index (χ2v) is 4.23. The summed E-state index contributed by atoms with van der Waals surface area (Å²) in [5.41, 5.74) is 14.3. The van der Waals surface area contributed by atoms with Gasteiger partial charge >= 0.3 is 0 Å². The van der Waals surface area contributed by atoms with Crippen LogP contribution in [-0.4, -0.2) is 29.0 Å². The molecule has 0 atom stereocenters. The maximum Gasteiger partial charge on any atom is 0.173 e. The van der Waals surface area contributed by atoms with Crippen LogP contribution in [0, 0.1) is 5.53 Å². The highest BCUT2D eigenvalue weighted by Crippen LogP contribution is 2.33. The minimum Gasteiger partial charge on any atom is -0.486 e. The molecule has 1 aliphatic heterocycles. The first-order valence-electron chi connectivity index (χ1n) is 6.20. The summed E-state index contributed by atoms with van der Waals surface area (Å²) in [6.45, 7) is 1.07. The predicted molar refractivity (Wildman–Crippen MR) is 74.3 cm³/mol. The molecule has 0 fully saturated rings. The summed E-state index contributed by atoms with van der Waals surface area (Å²) >= 11 is 0. The van der Waals surface area contributed by atoms with Crippen molar-refractivity contribution in [1.82, 2.24) is 9.97 Å².